The van der Waals surface area contributed by atoms with Gasteiger partial charge >= 0.3 is 0 Å². The molecule has 0 bridgehead atoms. The van der Waals surface area contributed by atoms with Gasteiger partial charge in [0, 0.05) is 27.7 Å². The first-order chi connectivity index (χ1) is 17.3. The Labute approximate surface area is 211 Å². The summed E-state index contributed by atoms with van der Waals surface area (Å²) in [7, 11) is 0. The third-order valence-corrected chi connectivity index (χ3v) is 7.71. The molecule has 2 heteroatoms. The van der Waals surface area contributed by atoms with Crippen molar-refractivity contribution in [3.05, 3.63) is 84.1 Å². The Hall–Kier alpha value is -3.65. The fraction of sp³-hybridized carbons (Fsp3) is 0.265. The Morgan fingerprint density at radius 2 is 1.61 bits per heavy atom. The summed E-state index contributed by atoms with van der Waals surface area (Å²) in [5.41, 5.74) is 8.17. The molecule has 0 aliphatic carbocycles. The van der Waals surface area contributed by atoms with Crippen LogP contribution in [0.5, 0.6) is 0 Å². The summed E-state index contributed by atoms with van der Waals surface area (Å²) in [4.78, 5) is 5.03. The number of fused-ring (bicyclic) bond motifs is 7. The smallest absolute Gasteiger partial charge is 0.0823 e. The fourth-order valence-corrected chi connectivity index (χ4v) is 6.51. The molecule has 0 N–H and O–H groups in total. The van der Waals surface area contributed by atoms with Crippen LogP contribution in [0.25, 0.3) is 59.8 Å². The molecule has 36 heavy (non-hydrogen) atoms. The molecule has 0 amide bonds. The lowest BCUT2D eigenvalue weighted by Crippen LogP contribution is -2.09. The lowest BCUT2D eigenvalue weighted by molar-refractivity contribution is 0.413. The largest absolute Gasteiger partial charge is 0.308 e. The minimum Gasteiger partial charge on any atom is -0.308 e. The van der Waals surface area contributed by atoms with Crippen molar-refractivity contribution in [3.63, 3.8) is 0 Å². The van der Waals surface area contributed by atoms with Crippen LogP contribution < -0.4 is 0 Å². The molecule has 3 aromatic heterocycles. The Kier molecular flexibility index (Phi) is 4.46. The monoisotopic (exact) mass is 468 g/mol. The molecule has 0 fully saturated rings. The van der Waals surface area contributed by atoms with Gasteiger partial charge in [-0.25, -0.2) is 0 Å². The molecule has 2 nitrogen and oxygen atoms in total. The molecule has 4 aromatic carbocycles. The van der Waals surface area contributed by atoms with Crippen molar-refractivity contribution in [1.82, 2.24) is 9.38 Å². The van der Waals surface area contributed by atoms with E-state index in [4.69, 9.17) is 4.98 Å². The van der Waals surface area contributed by atoms with Crippen LogP contribution in [0.2, 0.25) is 0 Å². The average molecular weight is 469 g/mol. The second-order valence-corrected chi connectivity index (χ2v) is 12.2. The van der Waals surface area contributed by atoms with Crippen molar-refractivity contribution in [2.75, 3.05) is 0 Å². The van der Waals surface area contributed by atoms with Crippen LogP contribution in [0, 0.1) is 11.3 Å². The van der Waals surface area contributed by atoms with Gasteiger partial charge in [0.25, 0.3) is 0 Å². The minimum atomic E-state index is 0.212. The molecule has 0 unspecified atom stereocenters. The molecular formula is C34H32N2. The molecule has 0 spiro atoms. The van der Waals surface area contributed by atoms with Gasteiger partial charge in [-0.1, -0.05) is 83.1 Å². The molecule has 0 aliphatic heterocycles. The standard InChI is InChI=1S/C34H32N2/c1-20(2)17-26-24-11-7-6-9-22(24)18-27-31-30-21(15-16-35-31)13-14-25-29-23(19-34(3,4)5)10-8-12-28(29)36(32(26)27)33(25)30/h6-16,18,20H,17,19H2,1-5H3. The molecular weight excluding hydrogens is 436 g/mol. The Balaban J connectivity index is 1.82. The second-order valence-electron chi connectivity index (χ2n) is 12.2. The van der Waals surface area contributed by atoms with Crippen LogP contribution in [-0.4, -0.2) is 9.38 Å². The van der Waals surface area contributed by atoms with E-state index in [1.807, 2.05) is 6.20 Å². The first-order valence-corrected chi connectivity index (χ1v) is 13.2. The maximum absolute atomic E-state index is 5.03. The number of nitrogens with zero attached hydrogens (tertiary/aromatic N) is 2. The summed E-state index contributed by atoms with van der Waals surface area (Å²) < 4.78 is 2.59. The molecule has 0 radical (unpaired) electrons. The minimum absolute atomic E-state index is 0.212. The molecule has 0 aliphatic rings. The zero-order valence-electron chi connectivity index (χ0n) is 21.8. The quantitative estimate of drug-likeness (QED) is 0.186. The first kappa shape index (κ1) is 21.6. The van der Waals surface area contributed by atoms with Crippen LogP contribution in [0.3, 0.4) is 0 Å². The van der Waals surface area contributed by atoms with Crippen LogP contribution in [0.4, 0.5) is 0 Å². The number of rotatable bonds is 3. The lowest BCUT2D eigenvalue weighted by atomic mass is 9.86. The molecule has 7 rings (SSSR count). The van der Waals surface area contributed by atoms with Gasteiger partial charge in [-0.2, -0.15) is 0 Å². The summed E-state index contributed by atoms with van der Waals surface area (Å²) in [6, 6.07) is 25.0. The van der Waals surface area contributed by atoms with Gasteiger partial charge in [-0.05, 0) is 69.7 Å². The summed E-state index contributed by atoms with van der Waals surface area (Å²) >= 11 is 0. The average Bonchev–Trinajstić information content (AvgIpc) is 3.18. The highest BCUT2D eigenvalue weighted by Gasteiger charge is 2.24. The molecule has 0 atom stereocenters. The van der Waals surface area contributed by atoms with E-state index in [9.17, 15) is 0 Å². The number of hydrogen-bond donors (Lipinski definition) is 0. The van der Waals surface area contributed by atoms with E-state index >= 15 is 0 Å². The van der Waals surface area contributed by atoms with Gasteiger partial charge in [-0.3, -0.25) is 4.98 Å². The van der Waals surface area contributed by atoms with E-state index in [1.54, 1.807) is 0 Å². The topological polar surface area (TPSA) is 17.3 Å². The van der Waals surface area contributed by atoms with Crippen molar-refractivity contribution in [1.29, 1.82) is 0 Å². The highest BCUT2D eigenvalue weighted by molar-refractivity contribution is 6.29. The highest BCUT2D eigenvalue weighted by atomic mass is 14.9. The van der Waals surface area contributed by atoms with Gasteiger partial charge in [0.1, 0.15) is 0 Å². The molecule has 3 heterocycles. The van der Waals surface area contributed by atoms with Crippen LogP contribution >= 0.6 is 0 Å². The number of pyridine rings is 2. The second kappa shape index (κ2) is 7.43. The number of aromatic nitrogens is 2. The Bertz CT molecular complexity index is 1950. The molecule has 0 saturated carbocycles. The van der Waals surface area contributed by atoms with Crippen molar-refractivity contribution in [2.45, 2.75) is 47.5 Å². The zero-order chi connectivity index (χ0) is 24.8. The molecule has 7 aromatic rings. The normalized spacial score (nSPS) is 13.1. The van der Waals surface area contributed by atoms with E-state index < -0.39 is 0 Å². The Morgan fingerprint density at radius 3 is 2.42 bits per heavy atom. The van der Waals surface area contributed by atoms with E-state index in [0.29, 0.717) is 5.92 Å². The van der Waals surface area contributed by atoms with Gasteiger partial charge < -0.3 is 4.40 Å². The summed E-state index contributed by atoms with van der Waals surface area (Å²) in [6.07, 6.45) is 4.06. The van der Waals surface area contributed by atoms with E-state index in [2.05, 4.69) is 106 Å². The maximum atomic E-state index is 5.03. The third kappa shape index (κ3) is 3.00. The number of hydrogen-bond acceptors (Lipinski definition) is 1. The Morgan fingerprint density at radius 1 is 0.778 bits per heavy atom. The first-order valence-electron chi connectivity index (χ1n) is 13.2. The lowest BCUT2D eigenvalue weighted by Gasteiger charge is -2.19. The van der Waals surface area contributed by atoms with Crippen molar-refractivity contribution in [3.8, 4) is 0 Å². The van der Waals surface area contributed by atoms with Crippen molar-refractivity contribution < 1.29 is 0 Å². The van der Waals surface area contributed by atoms with Crippen LogP contribution in [-0.2, 0) is 12.8 Å². The summed E-state index contributed by atoms with van der Waals surface area (Å²) in [6.45, 7) is 11.7. The summed E-state index contributed by atoms with van der Waals surface area (Å²) in [5.74, 6) is 0.551. The van der Waals surface area contributed by atoms with E-state index in [0.717, 1.165) is 18.4 Å². The fourth-order valence-electron chi connectivity index (χ4n) is 6.51. The van der Waals surface area contributed by atoms with Crippen molar-refractivity contribution in [2.24, 2.45) is 11.3 Å². The van der Waals surface area contributed by atoms with Crippen LogP contribution in [0.15, 0.2) is 72.9 Å². The maximum Gasteiger partial charge on any atom is 0.0823 e. The zero-order valence-corrected chi connectivity index (χ0v) is 21.8. The van der Waals surface area contributed by atoms with E-state index in [-0.39, 0.29) is 5.41 Å². The van der Waals surface area contributed by atoms with Gasteiger partial charge in [0.2, 0.25) is 0 Å². The third-order valence-electron chi connectivity index (χ3n) is 7.71. The SMILES string of the molecule is CC(C)Cc1c2ccccc2cc2c3nccc4ccc5c6c(CC(C)(C)C)cccc6n(c12)c5c43. The molecule has 0 saturated heterocycles. The predicted molar refractivity (Wildman–Crippen MR) is 156 cm³/mol. The van der Waals surface area contributed by atoms with Crippen molar-refractivity contribution >= 4 is 59.8 Å². The summed E-state index contributed by atoms with van der Waals surface area (Å²) in [5, 5.41) is 9.21. The predicted octanol–water partition coefficient (Wildman–Crippen LogP) is 9.33. The highest BCUT2D eigenvalue weighted by Crippen LogP contribution is 2.44. The number of benzene rings is 4. The van der Waals surface area contributed by atoms with E-state index in [1.165, 1.54) is 65.4 Å². The van der Waals surface area contributed by atoms with Gasteiger partial charge in [0.05, 0.1) is 22.1 Å². The van der Waals surface area contributed by atoms with Gasteiger partial charge in [0.15, 0.2) is 0 Å². The molecule has 178 valence electrons. The van der Waals surface area contributed by atoms with Gasteiger partial charge in [-0.15, -0.1) is 0 Å². The van der Waals surface area contributed by atoms with Crippen LogP contribution in [0.1, 0.15) is 45.7 Å².